The minimum absolute atomic E-state index is 0. The summed E-state index contributed by atoms with van der Waals surface area (Å²) in [6.07, 6.45) is 6.45. The Morgan fingerprint density at radius 2 is 2.00 bits per heavy atom. The first-order valence-corrected chi connectivity index (χ1v) is 10.3. The monoisotopic (exact) mass is 501 g/mol. The predicted octanol–water partition coefficient (Wildman–Crippen LogP) is 4.18. The summed E-state index contributed by atoms with van der Waals surface area (Å²) in [5.41, 5.74) is 7.35. The van der Waals surface area contributed by atoms with Crippen LogP contribution in [0, 0.1) is 11.3 Å². The molecule has 1 aliphatic heterocycles. The predicted molar refractivity (Wildman–Crippen MR) is 122 cm³/mol. The number of anilines is 1. The van der Waals surface area contributed by atoms with Gasteiger partial charge < -0.3 is 25.3 Å². The van der Waals surface area contributed by atoms with Gasteiger partial charge in [-0.05, 0) is 45.2 Å². The Hall–Kier alpha value is -1.22. The molecule has 6 nitrogen and oxygen atoms in total. The van der Waals surface area contributed by atoms with E-state index in [-0.39, 0.29) is 35.4 Å². The van der Waals surface area contributed by atoms with Gasteiger partial charge in [-0.2, -0.15) is 0 Å². The number of guanidine groups is 1. The topological polar surface area (TPSA) is 78.1 Å². The second-order valence-electron chi connectivity index (χ2n) is 7.79. The van der Waals surface area contributed by atoms with E-state index < -0.39 is 0 Å². The van der Waals surface area contributed by atoms with E-state index in [1.807, 2.05) is 32.0 Å². The number of hydrogen-bond acceptors (Lipinski definition) is 4. The number of rotatable bonds is 6. The summed E-state index contributed by atoms with van der Waals surface area (Å²) in [5.74, 6) is 2.51. The van der Waals surface area contributed by atoms with E-state index in [1.54, 1.807) is 0 Å². The normalized spacial score (nSPS) is 27.6. The molecule has 3 unspecified atom stereocenters. The van der Waals surface area contributed by atoms with Crippen LogP contribution < -0.4 is 20.5 Å². The van der Waals surface area contributed by atoms with E-state index in [2.05, 4.69) is 5.32 Å². The zero-order valence-corrected chi connectivity index (χ0v) is 19.1. The quantitative estimate of drug-likeness (QED) is 0.348. The minimum Gasteiger partial charge on any atom is -0.494 e. The first-order chi connectivity index (χ1) is 13.2. The van der Waals surface area contributed by atoms with Gasteiger partial charge in [-0.15, -0.1) is 24.0 Å². The molecule has 0 amide bonds. The van der Waals surface area contributed by atoms with Gasteiger partial charge in [-0.1, -0.05) is 12.8 Å². The van der Waals surface area contributed by atoms with Gasteiger partial charge in [0, 0.05) is 24.0 Å². The average molecular weight is 501 g/mol. The van der Waals surface area contributed by atoms with Crippen molar-refractivity contribution in [1.82, 2.24) is 0 Å². The maximum absolute atomic E-state index is 6.34. The highest BCUT2D eigenvalue weighted by Gasteiger charge is 2.65. The Labute approximate surface area is 184 Å². The summed E-state index contributed by atoms with van der Waals surface area (Å²) in [7, 11) is 0. The first-order valence-electron chi connectivity index (χ1n) is 10.3. The van der Waals surface area contributed by atoms with E-state index in [9.17, 15) is 0 Å². The fourth-order valence-corrected chi connectivity index (χ4v) is 5.30. The molecule has 3 atom stereocenters. The molecule has 3 fully saturated rings. The van der Waals surface area contributed by atoms with Gasteiger partial charge in [0.2, 0.25) is 0 Å². The molecule has 1 saturated heterocycles. The number of hydrogen-bond donors (Lipinski definition) is 2. The van der Waals surface area contributed by atoms with Gasteiger partial charge in [-0.25, -0.2) is 4.99 Å². The molecule has 0 bridgehead atoms. The third-order valence-electron chi connectivity index (χ3n) is 6.34. The Bertz CT molecular complexity index is 706. The lowest BCUT2D eigenvalue weighted by Crippen LogP contribution is -2.61. The van der Waals surface area contributed by atoms with Gasteiger partial charge in [0.25, 0.3) is 0 Å². The van der Waals surface area contributed by atoms with Crippen molar-refractivity contribution in [3.05, 3.63) is 18.2 Å². The Morgan fingerprint density at radius 1 is 1.25 bits per heavy atom. The maximum atomic E-state index is 6.34. The zero-order chi connectivity index (χ0) is 18.9. The van der Waals surface area contributed by atoms with Crippen LogP contribution in [0.2, 0.25) is 0 Å². The van der Waals surface area contributed by atoms with Crippen molar-refractivity contribution >= 4 is 35.6 Å². The van der Waals surface area contributed by atoms with E-state index >= 15 is 0 Å². The van der Waals surface area contributed by atoms with Gasteiger partial charge in [-0.3, -0.25) is 0 Å². The molecule has 4 rings (SSSR count). The van der Waals surface area contributed by atoms with Crippen LogP contribution >= 0.6 is 24.0 Å². The number of nitrogens with one attached hydrogen (secondary N) is 1. The van der Waals surface area contributed by atoms with E-state index in [0.29, 0.717) is 31.2 Å². The molecule has 28 heavy (non-hydrogen) atoms. The third kappa shape index (κ3) is 3.79. The van der Waals surface area contributed by atoms with Crippen molar-refractivity contribution in [2.75, 3.05) is 25.1 Å². The smallest absolute Gasteiger partial charge is 0.193 e. The number of ether oxygens (including phenoxy) is 3. The van der Waals surface area contributed by atoms with Crippen LogP contribution in [0.1, 0.15) is 46.0 Å². The molecule has 7 heteroatoms. The number of benzene rings is 1. The summed E-state index contributed by atoms with van der Waals surface area (Å²) in [5, 5.41) is 3.26. The summed E-state index contributed by atoms with van der Waals surface area (Å²) < 4.78 is 17.4. The molecule has 1 aromatic rings. The largest absolute Gasteiger partial charge is 0.494 e. The molecule has 3 N–H and O–H groups in total. The van der Waals surface area contributed by atoms with Crippen molar-refractivity contribution in [3.8, 4) is 11.5 Å². The van der Waals surface area contributed by atoms with Gasteiger partial charge >= 0.3 is 0 Å². The summed E-state index contributed by atoms with van der Waals surface area (Å²) >= 11 is 0. The lowest BCUT2D eigenvalue weighted by molar-refractivity contribution is -0.117. The molecule has 156 valence electrons. The first kappa shape index (κ1) is 21.5. The molecule has 0 aromatic heterocycles. The number of halogens is 1. The van der Waals surface area contributed by atoms with Crippen LogP contribution in [0.3, 0.4) is 0 Å². The standard InChI is InChI=1S/C21H31N3O3.HI/c1-3-25-14-7-8-17(26-4-2)16(13-14)23-20(22)24-18-15-9-12-27-19(15)21(18)10-5-6-11-21;/h7-8,13,15,18-19H,3-6,9-12H2,1-2H3,(H3,22,23,24);1H. The molecule has 2 saturated carbocycles. The lowest BCUT2D eigenvalue weighted by Gasteiger charge is -2.54. The van der Waals surface area contributed by atoms with Crippen LogP contribution in [0.15, 0.2) is 23.2 Å². The van der Waals surface area contributed by atoms with Crippen molar-refractivity contribution in [2.24, 2.45) is 22.1 Å². The number of aliphatic imine (C=N–C) groups is 1. The highest BCUT2D eigenvalue weighted by Crippen LogP contribution is 2.62. The lowest BCUT2D eigenvalue weighted by atomic mass is 9.54. The Kier molecular flexibility index (Phi) is 6.96. The van der Waals surface area contributed by atoms with Crippen LogP contribution in [-0.2, 0) is 4.74 Å². The van der Waals surface area contributed by atoms with Crippen LogP contribution in [-0.4, -0.2) is 37.9 Å². The molecule has 1 aromatic carbocycles. The van der Waals surface area contributed by atoms with Gasteiger partial charge in [0.1, 0.15) is 11.5 Å². The average Bonchev–Trinajstić information content (AvgIpc) is 3.31. The third-order valence-corrected chi connectivity index (χ3v) is 6.34. The minimum atomic E-state index is 0. The highest BCUT2D eigenvalue weighted by molar-refractivity contribution is 14.0. The van der Waals surface area contributed by atoms with Crippen molar-refractivity contribution in [1.29, 1.82) is 0 Å². The molecule has 2 aliphatic carbocycles. The van der Waals surface area contributed by atoms with Crippen molar-refractivity contribution in [2.45, 2.75) is 58.1 Å². The number of nitrogens with zero attached hydrogens (tertiary/aromatic N) is 1. The van der Waals surface area contributed by atoms with E-state index in [4.69, 9.17) is 24.9 Å². The SMILES string of the molecule is CCOc1ccc(OCC)c(NC(N)=NC2C3CCOC3C23CCCC3)c1.I. The van der Waals surface area contributed by atoms with E-state index in [1.165, 1.54) is 25.7 Å². The summed E-state index contributed by atoms with van der Waals surface area (Å²) in [4.78, 5) is 4.94. The summed E-state index contributed by atoms with van der Waals surface area (Å²) in [6, 6.07) is 6.01. The van der Waals surface area contributed by atoms with Gasteiger partial charge in [0.05, 0.1) is 31.0 Å². The molecule has 1 heterocycles. The van der Waals surface area contributed by atoms with E-state index in [0.717, 1.165) is 30.2 Å². The molecular formula is C21H32IN3O3. The Morgan fingerprint density at radius 3 is 2.71 bits per heavy atom. The second-order valence-corrected chi connectivity index (χ2v) is 7.79. The zero-order valence-electron chi connectivity index (χ0n) is 16.8. The molecular weight excluding hydrogens is 469 g/mol. The summed E-state index contributed by atoms with van der Waals surface area (Å²) in [6.45, 7) is 6.01. The van der Waals surface area contributed by atoms with Gasteiger partial charge in [0.15, 0.2) is 5.96 Å². The fourth-order valence-electron chi connectivity index (χ4n) is 5.30. The maximum Gasteiger partial charge on any atom is 0.193 e. The van der Waals surface area contributed by atoms with Crippen LogP contribution in [0.25, 0.3) is 0 Å². The Balaban J connectivity index is 0.00000225. The molecule has 0 radical (unpaired) electrons. The fraction of sp³-hybridized carbons (Fsp3) is 0.667. The molecule has 3 aliphatic rings. The van der Waals surface area contributed by atoms with Crippen LogP contribution in [0.5, 0.6) is 11.5 Å². The number of fused-ring (bicyclic) bond motifs is 2. The van der Waals surface area contributed by atoms with Crippen LogP contribution in [0.4, 0.5) is 5.69 Å². The molecule has 1 spiro atoms. The highest BCUT2D eigenvalue weighted by atomic mass is 127. The van der Waals surface area contributed by atoms with Crippen molar-refractivity contribution < 1.29 is 14.2 Å². The second kappa shape index (κ2) is 9.07. The van der Waals surface area contributed by atoms with Crippen molar-refractivity contribution in [3.63, 3.8) is 0 Å². The number of nitrogens with two attached hydrogens (primary N) is 1.